The minimum Gasteiger partial charge on any atom is -0.394 e. The molecule has 1 aromatic carbocycles. The molecule has 19 heavy (non-hydrogen) atoms. The zero-order valence-corrected chi connectivity index (χ0v) is 10.8. The van der Waals surface area contributed by atoms with Crippen molar-refractivity contribution in [3.8, 4) is 0 Å². The number of allylic oxidation sites excluding steroid dienone is 2. The maximum Gasteiger partial charge on any atom is 0.212 e. The Kier molecular flexibility index (Phi) is 2.68. The highest BCUT2D eigenvalue weighted by molar-refractivity contribution is 6.18. The van der Waals surface area contributed by atoms with Crippen LogP contribution >= 0.6 is 0 Å². The molecule has 4 heteroatoms. The Labute approximate surface area is 112 Å². The Morgan fingerprint density at radius 2 is 2.11 bits per heavy atom. The van der Waals surface area contributed by atoms with Crippen molar-refractivity contribution < 1.29 is 4.79 Å². The van der Waals surface area contributed by atoms with Crippen molar-refractivity contribution in [3.05, 3.63) is 58.4 Å². The van der Waals surface area contributed by atoms with Gasteiger partial charge in [0.15, 0.2) is 0 Å². The molecule has 2 aliphatic rings. The monoisotopic (exact) mass is 255 g/mol. The standard InChI is InChI=1S/C15H17N3O/c1-9-14(13(17)15(9)19)18-5-4-11-3-2-10(7-16)6-12(11)8-18/h2-3,6H,1,4-5,7-8,16-17H2. The number of benzene rings is 1. The van der Waals surface area contributed by atoms with Gasteiger partial charge < -0.3 is 16.4 Å². The molecule has 4 N–H and O–H groups in total. The SMILES string of the molecule is C=C1C(=O)C(N)=C1N1CCc2ccc(CN)cc2C1. The molecule has 3 rings (SSSR count). The lowest BCUT2D eigenvalue weighted by atomic mass is 9.89. The van der Waals surface area contributed by atoms with Crippen molar-refractivity contribution >= 4 is 5.78 Å². The Bertz CT molecular complexity index is 616. The predicted octanol–water partition coefficient (Wildman–Crippen LogP) is 0.813. The second-order valence-electron chi connectivity index (χ2n) is 5.05. The van der Waals surface area contributed by atoms with E-state index in [2.05, 4.69) is 29.7 Å². The summed E-state index contributed by atoms with van der Waals surface area (Å²) in [6.45, 7) is 5.98. The molecule has 0 unspecified atom stereocenters. The molecular weight excluding hydrogens is 238 g/mol. The third-order valence-corrected chi connectivity index (χ3v) is 3.89. The van der Waals surface area contributed by atoms with Crippen LogP contribution in [0.4, 0.5) is 0 Å². The molecule has 1 aromatic rings. The average Bonchev–Trinajstić information content (AvgIpc) is 2.46. The maximum atomic E-state index is 11.4. The first-order valence-electron chi connectivity index (χ1n) is 6.41. The van der Waals surface area contributed by atoms with Gasteiger partial charge in [0, 0.05) is 25.2 Å². The zero-order chi connectivity index (χ0) is 13.6. The highest BCUT2D eigenvalue weighted by Crippen LogP contribution is 2.32. The molecule has 98 valence electrons. The van der Waals surface area contributed by atoms with Crippen LogP contribution in [-0.2, 0) is 24.3 Å². The Morgan fingerprint density at radius 3 is 2.79 bits per heavy atom. The number of ketones is 1. The number of nitrogens with two attached hydrogens (primary N) is 2. The van der Waals surface area contributed by atoms with Gasteiger partial charge in [0.05, 0.1) is 5.70 Å². The van der Waals surface area contributed by atoms with Gasteiger partial charge in [-0.05, 0) is 23.1 Å². The summed E-state index contributed by atoms with van der Waals surface area (Å²) in [5.74, 6) is -0.114. The molecule has 0 bridgehead atoms. The van der Waals surface area contributed by atoms with Crippen LogP contribution < -0.4 is 11.5 Å². The van der Waals surface area contributed by atoms with E-state index in [-0.39, 0.29) is 5.78 Å². The van der Waals surface area contributed by atoms with Crippen molar-refractivity contribution in [3.63, 3.8) is 0 Å². The summed E-state index contributed by atoms with van der Waals surface area (Å²) in [5.41, 5.74) is 16.9. The molecule has 0 aromatic heterocycles. The minimum absolute atomic E-state index is 0.114. The molecule has 0 saturated carbocycles. The van der Waals surface area contributed by atoms with Crippen LogP contribution in [0.25, 0.3) is 0 Å². The van der Waals surface area contributed by atoms with Crippen molar-refractivity contribution in [1.82, 2.24) is 4.90 Å². The highest BCUT2D eigenvalue weighted by Gasteiger charge is 2.34. The van der Waals surface area contributed by atoms with E-state index in [0.717, 1.165) is 30.8 Å². The van der Waals surface area contributed by atoms with Gasteiger partial charge in [-0.3, -0.25) is 4.79 Å². The van der Waals surface area contributed by atoms with Crippen LogP contribution in [0.2, 0.25) is 0 Å². The fraction of sp³-hybridized carbons (Fsp3) is 0.267. The molecule has 0 saturated heterocycles. The maximum absolute atomic E-state index is 11.4. The number of fused-ring (bicyclic) bond motifs is 1. The number of nitrogens with zero attached hydrogens (tertiary/aromatic N) is 1. The molecular formula is C15H17N3O. The first-order valence-corrected chi connectivity index (χ1v) is 6.41. The number of hydrogen-bond acceptors (Lipinski definition) is 4. The third kappa shape index (κ3) is 1.76. The third-order valence-electron chi connectivity index (χ3n) is 3.89. The summed E-state index contributed by atoms with van der Waals surface area (Å²) >= 11 is 0. The van der Waals surface area contributed by atoms with Crippen molar-refractivity contribution in [2.75, 3.05) is 6.54 Å². The van der Waals surface area contributed by atoms with E-state index in [4.69, 9.17) is 11.5 Å². The second kappa shape index (κ2) is 4.24. The van der Waals surface area contributed by atoms with E-state index in [0.29, 0.717) is 17.8 Å². The number of carbonyl (C=O) groups is 1. The predicted molar refractivity (Wildman–Crippen MR) is 73.8 cm³/mol. The summed E-state index contributed by atoms with van der Waals surface area (Å²) in [6, 6.07) is 6.36. The largest absolute Gasteiger partial charge is 0.394 e. The molecule has 1 heterocycles. The summed E-state index contributed by atoms with van der Waals surface area (Å²) in [7, 11) is 0. The Balaban J connectivity index is 1.90. The van der Waals surface area contributed by atoms with Gasteiger partial charge in [0.1, 0.15) is 5.70 Å². The summed E-state index contributed by atoms with van der Waals surface area (Å²) in [4.78, 5) is 13.6. The number of rotatable bonds is 2. The lowest BCUT2D eigenvalue weighted by molar-refractivity contribution is -0.113. The molecule has 0 atom stereocenters. The van der Waals surface area contributed by atoms with Gasteiger partial charge in [0.25, 0.3) is 0 Å². The van der Waals surface area contributed by atoms with Crippen LogP contribution in [0.3, 0.4) is 0 Å². The quantitative estimate of drug-likeness (QED) is 0.767. The number of carbonyl (C=O) groups excluding carboxylic acids is 1. The summed E-state index contributed by atoms with van der Waals surface area (Å²) < 4.78 is 0. The fourth-order valence-corrected chi connectivity index (χ4v) is 2.77. The van der Waals surface area contributed by atoms with E-state index in [9.17, 15) is 4.79 Å². The minimum atomic E-state index is -0.114. The molecule has 1 aliphatic heterocycles. The van der Waals surface area contributed by atoms with E-state index in [1.165, 1.54) is 11.1 Å². The Hall–Kier alpha value is -2.07. The van der Waals surface area contributed by atoms with E-state index in [1.807, 2.05) is 0 Å². The van der Waals surface area contributed by atoms with Gasteiger partial charge >= 0.3 is 0 Å². The molecule has 0 amide bonds. The summed E-state index contributed by atoms with van der Waals surface area (Å²) in [6.07, 6.45) is 0.957. The second-order valence-corrected chi connectivity index (χ2v) is 5.05. The smallest absolute Gasteiger partial charge is 0.212 e. The summed E-state index contributed by atoms with van der Waals surface area (Å²) in [5, 5.41) is 0. The lowest BCUT2D eigenvalue weighted by Crippen LogP contribution is -2.40. The topological polar surface area (TPSA) is 72.4 Å². The molecule has 0 fully saturated rings. The van der Waals surface area contributed by atoms with Crippen molar-refractivity contribution in [1.29, 1.82) is 0 Å². The highest BCUT2D eigenvalue weighted by atomic mass is 16.1. The molecule has 0 radical (unpaired) electrons. The molecule has 0 spiro atoms. The van der Waals surface area contributed by atoms with Crippen LogP contribution in [-0.4, -0.2) is 17.2 Å². The van der Waals surface area contributed by atoms with Gasteiger partial charge in [-0.25, -0.2) is 0 Å². The van der Waals surface area contributed by atoms with Crippen molar-refractivity contribution in [2.24, 2.45) is 11.5 Å². The van der Waals surface area contributed by atoms with Crippen LogP contribution in [0.15, 0.2) is 41.7 Å². The van der Waals surface area contributed by atoms with Crippen LogP contribution in [0.5, 0.6) is 0 Å². The molecule has 1 aliphatic carbocycles. The zero-order valence-electron chi connectivity index (χ0n) is 10.8. The normalized spacial score (nSPS) is 18.5. The van der Waals surface area contributed by atoms with E-state index in [1.54, 1.807) is 0 Å². The molecule has 4 nitrogen and oxygen atoms in total. The average molecular weight is 255 g/mol. The van der Waals surface area contributed by atoms with Crippen LogP contribution in [0, 0.1) is 0 Å². The number of hydrogen-bond donors (Lipinski definition) is 2. The first kappa shape index (κ1) is 12.0. The van der Waals surface area contributed by atoms with Crippen molar-refractivity contribution in [2.45, 2.75) is 19.5 Å². The van der Waals surface area contributed by atoms with Gasteiger partial charge in [-0.2, -0.15) is 0 Å². The van der Waals surface area contributed by atoms with Gasteiger partial charge in [0.2, 0.25) is 5.78 Å². The van der Waals surface area contributed by atoms with E-state index >= 15 is 0 Å². The first-order chi connectivity index (χ1) is 9.11. The van der Waals surface area contributed by atoms with E-state index < -0.39 is 0 Å². The lowest BCUT2D eigenvalue weighted by Gasteiger charge is -2.37. The van der Waals surface area contributed by atoms with Gasteiger partial charge in [-0.15, -0.1) is 0 Å². The number of Topliss-reactive ketones (excluding diaryl/α,β-unsaturated/α-hetero) is 1. The van der Waals surface area contributed by atoms with Gasteiger partial charge in [-0.1, -0.05) is 24.8 Å². The van der Waals surface area contributed by atoms with Crippen LogP contribution in [0.1, 0.15) is 16.7 Å². The fourth-order valence-electron chi connectivity index (χ4n) is 2.77. The Morgan fingerprint density at radius 1 is 1.32 bits per heavy atom.